The number of pyridine rings is 1. The minimum Gasteiger partial charge on any atom is -0.351 e. The molecule has 0 radical (unpaired) electrons. The molecule has 1 saturated heterocycles. The summed E-state index contributed by atoms with van der Waals surface area (Å²) < 4.78 is 2.34. The highest BCUT2D eigenvalue weighted by atomic mass is 32.1. The van der Waals surface area contributed by atoms with Gasteiger partial charge in [-0.2, -0.15) is 0 Å². The van der Waals surface area contributed by atoms with Crippen LogP contribution in [0.5, 0.6) is 0 Å². The van der Waals surface area contributed by atoms with Gasteiger partial charge in [0.1, 0.15) is 0 Å². The normalized spacial score (nSPS) is 17.8. The molecule has 2 aromatic heterocycles. The second-order valence-corrected chi connectivity index (χ2v) is 9.65. The highest BCUT2D eigenvalue weighted by Crippen LogP contribution is 2.44. The number of aryl methyl sites for hydroxylation is 4. The first-order chi connectivity index (χ1) is 16.3. The van der Waals surface area contributed by atoms with E-state index in [4.69, 9.17) is 17.2 Å². The van der Waals surface area contributed by atoms with Crippen LogP contribution in [0.4, 0.5) is 5.69 Å². The monoisotopic (exact) mass is 466 g/mol. The standard InChI is InChI=1S/C29H30N4S/c1-18-9-8-10-23(15-18)32-21(4)17-25(22(32)5)28-27(26-11-6-7-14-30-26)31-29(34)33(28)24-13-12-19(2)20(3)16-24/h6-17,27-28H,1-5H3,(H,31,34)/t27-,28-/m1/s1. The molecule has 5 heteroatoms. The van der Waals surface area contributed by atoms with E-state index >= 15 is 0 Å². The molecule has 172 valence electrons. The first-order valence-corrected chi connectivity index (χ1v) is 12.1. The highest BCUT2D eigenvalue weighted by Gasteiger charge is 2.42. The van der Waals surface area contributed by atoms with Gasteiger partial charge < -0.3 is 14.8 Å². The van der Waals surface area contributed by atoms with Crippen molar-refractivity contribution in [2.24, 2.45) is 0 Å². The largest absolute Gasteiger partial charge is 0.351 e. The predicted octanol–water partition coefficient (Wildman–Crippen LogP) is 6.59. The van der Waals surface area contributed by atoms with Gasteiger partial charge in [0.2, 0.25) is 0 Å². The molecule has 2 aromatic carbocycles. The van der Waals surface area contributed by atoms with Gasteiger partial charge in [0.25, 0.3) is 0 Å². The molecule has 34 heavy (non-hydrogen) atoms. The van der Waals surface area contributed by atoms with Gasteiger partial charge >= 0.3 is 0 Å². The van der Waals surface area contributed by atoms with E-state index < -0.39 is 0 Å². The molecule has 4 aromatic rings. The van der Waals surface area contributed by atoms with Crippen molar-refractivity contribution in [2.45, 2.75) is 46.7 Å². The van der Waals surface area contributed by atoms with Gasteiger partial charge in [0.15, 0.2) is 5.11 Å². The Morgan fingerprint density at radius 2 is 1.65 bits per heavy atom. The van der Waals surface area contributed by atoms with Crippen molar-refractivity contribution >= 4 is 23.0 Å². The Bertz CT molecular complexity index is 1370. The SMILES string of the molecule is Cc1cccc(-n2c(C)cc([C@@H]3[C@@H](c4ccccn4)NC(=S)N3c3ccc(C)c(C)c3)c2C)c1. The molecule has 3 heterocycles. The van der Waals surface area contributed by atoms with Crippen LogP contribution in [0, 0.1) is 34.6 Å². The van der Waals surface area contributed by atoms with Crippen molar-refractivity contribution in [3.8, 4) is 5.69 Å². The molecule has 1 N–H and O–H groups in total. The van der Waals surface area contributed by atoms with Crippen LogP contribution in [0.25, 0.3) is 5.69 Å². The van der Waals surface area contributed by atoms with Gasteiger partial charge in [-0.1, -0.05) is 24.3 Å². The van der Waals surface area contributed by atoms with Gasteiger partial charge in [0, 0.05) is 29.0 Å². The van der Waals surface area contributed by atoms with Gasteiger partial charge in [-0.25, -0.2) is 0 Å². The molecule has 0 aliphatic carbocycles. The topological polar surface area (TPSA) is 33.1 Å². The summed E-state index contributed by atoms with van der Waals surface area (Å²) in [6.07, 6.45) is 1.85. The van der Waals surface area contributed by atoms with E-state index in [-0.39, 0.29) is 12.1 Å². The van der Waals surface area contributed by atoms with Gasteiger partial charge in [-0.05, 0) is 112 Å². The third-order valence-electron chi connectivity index (χ3n) is 6.92. The lowest BCUT2D eigenvalue weighted by Crippen LogP contribution is -2.29. The first-order valence-electron chi connectivity index (χ1n) is 11.7. The quantitative estimate of drug-likeness (QED) is 0.344. The average molecular weight is 467 g/mol. The number of rotatable bonds is 4. The van der Waals surface area contributed by atoms with E-state index in [2.05, 4.69) is 104 Å². The lowest BCUT2D eigenvalue weighted by atomic mass is 9.96. The Hall–Kier alpha value is -3.44. The fraction of sp³-hybridized carbons (Fsp3) is 0.241. The molecule has 0 amide bonds. The Morgan fingerprint density at radius 3 is 2.35 bits per heavy atom. The smallest absolute Gasteiger partial charge is 0.174 e. The van der Waals surface area contributed by atoms with Crippen LogP contribution in [0.1, 0.15) is 51.4 Å². The summed E-state index contributed by atoms with van der Waals surface area (Å²) >= 11 is 5.93. The number of thiocarbonyl (C=S) groups is 1. The molecular weight excluding hydrogens is 436 g/mol. The zero-order valence-corrected chi connectivity index (χ0v) is 21.1. The number of hydrogen-bond donors (Lipinski definition) is 1. The van der Waals surface area contributed by atoms with Gasteiger partial charge in [-0.15, -0.1) is 0 Å². The summed E-state index contributed by atoms with van der Waals surface area (Å²) in [6, 6.07) is 23.5. The Morgan fingerprint density at radius 1 is 0.824 bits per heavy atom. The van der Waals surface area contributed by atoms with E-state index in [0.717, 1.165) is 16.5 Å². The van der Waals surface area contributed by atoms with Crippen molar-refractivity contribution < 1.29 is 0 Å². The van der Waals surface area contributed by atoms with Crippen molar-refractivity contribution in [2.75, 3.05) is 4.90 Å². The molecule has 0 unspecified atom stereocenters. The fourth-order valence-electron chi connectivity index (χ4n) is 5.08. The van der Waals surface area contributed by atoms with Crippen molar-refractivity contribution in [1.82, 2.24) is 14.9 Å². The van der Waals surface area contributed by atoms with Crippen LogP contribution in [-0.4, -0.2) is 14.7 Å². The van der Waals surface area contributed by atoms with Crippen molar-refractivity contribution in [3.63, 3.8) is 0 Å². The molecule has 0 spiro atoms. The third kappa shape index (κ3) is 3.80. The number of nitrogens with zero attached hydrogens (tertiary/aromatic N) is 3. The third-order valence-corrected chi connectivity index (χ3v) is 7.23. The van der Waals surface area contributed by atoms with E-state index in [0.29, 0.717) is 0 Å². The minimum atomic E-state index is -0.0539. The lowest BCUT2D eigenvalue weighted by Gasteiger charge is -2.28. The second-order valence-electron chi connectivity index (χ2n) is 9.27. The molecule has 5 rings (SSSR count). The van der Waals surface area contributed by atoms with Crippen LogP contribution in [0.2, 0.25) is 0 Å². The molecule has 0 bridgehead atoms. The van der Waals surface area contributed by atoms with Gasteiger partial charge in [-0.3, -0.25) is 4.98 Å². The van der Waals surface area contributed by atoms with Crippen LogP contribution >= 0.6 is 12.2 Å². The van der Waals surface area contributed by atoms with Crippen LogP contribution in [0.3, 0.4) is 0 Å². The molecule has 2 atom stereocenters. The van der Waals surface area contributed by atoms with E-state index in [1.165, 1.54) is 39.3 Å². The predicted molar refractivity (Wildman–Crippen MR) is 144 cm³/mol. The maximum absolute atomic E-state index is 5.93. The summed E-state index contributed by atoms with van der Waals surface area (Å²) in [5, 5.41) is 4.32. The molecule has 1 aliphatic rings. The highest BCUT2D eigenvalue weighted by molar-refractivity contribution is 7.80. The van der Waals surface area contributed by atoms with Crippen molar-refractivity contribution in [1.29, 1.82) is 0 Å². The maximum Gasteiger partial charge on any atom is 0.174 e. The van der Waals surface area contributed by atoms with Gasteiger partial charge in [0.05, 0.1) is 17.8 Å². The average Bonchev–Trinajstić information content (AvgIpc) is 3.31. The Balaban J connectivity index is 1.69. The summed E-state index contributed by atoms with van der Waals surface area (Å²) in [6.45, 7) is 10.8. The van der Waals surface area contributed by atoms with E-state index in [1.807, 2.05) is 18.3 Å². The molecule has 4 nitrogen and oxygen atoms in total. The number of hydrogen-bond acceptors (Lipinski definition) is 2. The Kier molecular flexibility index (Phi) is 5.74. The second kappa shape index (κ2) is 8.73. The number of aromatic nitrogens is 2. The minimum absolute atomic E-state index is 0.0192. The number of benzene rings is 2. The zero-order valence-electron chi connectivity index (χ0n) is 20.3. The summed E-state index contributed by atoms with van der Waals surface area (Å²) in [5.74, 6) is 0. The zero-order chi connectivity index (χ0) is 24.0. The maximum atomic E-state index is 5.93. The fourth-order valence-corrected chi connectivity index (χ4v) is 5.42. The van der Waals surface area contributed by atoms with Crippen molar-refractivity contribution in [3.05, 3.63) is 112 Å². The van der Waals surface area contributed by atoms with Crippen LogP contribution < -0.4 is 10.2 Å². The van der Waals surface area contributed by atoms with Crippen LogP contribution in [-0.2, 0) is 0 Å². The summed E-state index contributed by atoms with van der Waals surface area (Å²) in [4.78, 5) is 6.97. The Labute approximate surface area is 207 Å². The number of nitrogens with one attached hydrogen (secondary N) is 1. The number of anilines is 1. The molecule has 1 fully saturated rings. The molecule has 1 aliphatic heterocycles. The first kappa shape index (κ1) is 22.4. The summed E-state index contributed by atoms with van der Waals surface area (Å²) in [7, 11) is 0. The van der Waals surface area contributed by atoms with Crippen LogP contribution in [0.15, 0.2) is 72.9 Å². The molecule has 0 saturated carbocycles. The molecular formula is C29H30N4S. The van der Waals surface area contributed by atoms with E-state index in [1.54, 1.807) is 0 Å². The van der Waals surface area contributed by atoms with E-state index in [9.17, 15) is 0 Å². The lowest BCUT2D eigenvalue weighted by molar-refractivity contribution is 0.565. The summed E-state index contributed by atoms with van der Waals surface area (Å²) in [5.41, 5.74) is 10.7.